The van der Waals surface area contributed by atoms with E-state index in [2.05, 4.69) is 15.4 Å². The van der Waals surface area contributed by atoms with Crippen LogP contribution in [0.15, 0.2) is 18.2 Å². The molecule has 1 aromatic heterocycles. The van der Waals surface area contributed by atoms with Crippen LogP contribution in [0, 0.1) is 0 Å². The standard InChI is InChI=1S/C12H15N5O2/c1-17-15-12(14-16-17)7-9(13)8-2-3-10-11(6-8)19-5-4-18-10/h2-3,6,9H,4-5,7,13H2,1H3. The Kier molecular flexibility index (Phi) is 3.04. The summed E-state index contributed by atoms with van der Waals surface area (Å²) in [5.74, 6) is 2.14. The molecule has 2 heterocycles. The van der Waals surface area contributed by atoms with E-state index in [4.69, 9.17) is 15.2 Å². The molecule has 2 N–H and O–H groups in total. The lowest BCUT2D eigenvalue weighted by Crippen LogP contribution is -2.18. The van der Waals surface area contributed by atoms with Gasteiger partial charge < -0.3 is 15.2 Å². The van der Waals surface area contributed by atoms with Crippen LogP contribution >= 0.6 is 0 Å². The predicted octanol–water partition coefficient (Wildman–Crippen LogP) is 0.224. The van der Waals surface area contributed by atoms with Crippen molar-refractivity contribution in [3.05, 3.63) is 29.6 Å². The molecule has 1 aliphatic heterocycles. The lowest BCUT2D eigenvalue weighted by Gasteiger charge is -2.20. The molecule has 19 heavy (non-hydrogen) atoms. The largest absolute Gasteiger partial charge is 0.486 e. The van der Waals surface area contributed by atoms with Crippen molar-refractivity contribution < 1.29 is 9.47 Å². The molecule has 1 aliphatic rings. The number of tetrazole rings is 1. The number of hydrogen-bond acceptors (Lipinski definition) is 6. The number of nitrogens with two attached hydrogens (primary N) is 1. The third kappa shape index (κ3) is 2.50. The monoisotopic (exact) mass is 261 g/mol. The summed E-state index contributed by atoms with van der Waals surface area (Å²) in [6.07, 6.45) is 0.535. The van der Waals surface area contributed by atoms with Crippen LogP contribution in [0.4, 0.5) is 0 Å². The summed E-state index contributed by atoms with van der Waals surface area (Å²) in [7, 11) is 1.73. The molecule has 0 saturated carbocycles. The van der Waals surface area contributed by atoms with Gasteiger partial charge >= 0.3 is 0 Å². The average molecular weight is 261 g/mol. The van der Waals surface area contributed by atoms with Crippen LogP contribution in [0.3, 0.4) is 0 Å². The fraction of sp³-hybridized carbons (Fsp3) is 0.417. The first-order valence-electron chi connectivity index (χ1n) is 6.10. The molecule has 1 unspecified atom stereocenters. The summed E-state index contributed by atoms with van der Waals surface area (Å²) in [5.41, 5.74) is 7.13. The Morgan fingerprint density at radius 3 is 2.84 bits per heavy atom. The highest BCUT2D eigenvalue weighted by atomic mass is 16.6. The van der Waals surface area contributed by atoms with Crippen molar-refractivity contribution in [1.29, 1.82) is 0 Å². The number of rotatable bonds is 3. The second-order valence-electron chi connectivity index (χ2n) is 4.41. The van der Waals surface area contributed by atoms with Gasteiger partial charge in [-0.05, 0) is 22.9 Å². The minimum atomic E-state index is -0.194. The topological polar surface area (TPSA) is 88.1 Å². The molecule has 1 atom stereocenters. The lowest BCUT2D eigenvalue weighted by atomic mass is 10.0. The highest BCUT2D eigenvalue weighted by Crippen LogP contribution is 2.32. The Balaban J connectivity index is 1.77. The number of benzene rings is 1. The van der Waals surface area contributed by atoms with E-state index in [9.17, 15) is 0 Å². The minimum Gasteiger partial charge on any atom is -0.486 e. The first-order chi connectivity index (χ1) is 9.22. The van der Waals surface area contributed by atoms with Crippen molar-refractivity contribution in [1.82, 2.24) is 20.2 Å². The van der Waals surface area contributed by atoms with Crippen molar-refractivity contribution in [2.75, 3.05) is 13.2 Å². The molecule has 0 spiro atoms. The van der Waals surface area contributed by atoms with E-state index in [1.54, 1.807) is 7.05 Å². The second kappa shape index (κ2) is 4.85. The van der Waals surface area contributed by atoms with Crippen molar-refractivity contribution >= 4 is 0 Å². The summed E-state index contributed by atoms with van der Waals surface area (Å²) < 4.78 is 11.0. The maximum Gasteiger partial charge on any atom is 0.176 e. The summed E-state index contributed by atoms with van der Waals surface area (Å²) in [6.45, 7) is 1.15. The highest BCUT2D eigenvalue weighted by Gasteiger charge is 2.16. The first-order valence-corrected chi connectivity index (χ1v) is 6.10. The molecule has 0 bridgehead atoms. The van der Waals surface area contributed by atoms with Gasteiger partial charge in [0.15, 0.2) is 17.3 Å². The van der Waals surface area contributed by atoms with E-state index in [0.717, 1.165) is 17.1 Å². The summed E-state index contributed by atoms with van der Waals surface area (Å²) in [6, 6.07) is 5.54. The van der Waals surface area contributed by atoms with Crippen molar-refractivity contribution in [3.63, 3.8) is 0 Å². The Bertz CT molecular complexity index is 583. The van der Waals surface area contributed by atoms with E-state index in [-0.39, 0.29) is 6.04 Å². The van der Waals surface area contributed by atoms with E-state index < -0.39 is 0 Å². The Morgan fingerprint density at radius 1 is 1.32 bits per heavy atom. The molecule has 0 radical (unpaired) electrons. The van der Waals surface area contributed by atoms with Gasteiger partial charge in [-0.15, -0.1) is 10.2 Å². The number of aryl methyl sites for hydroxylation is 1. The van der Waals surface area contributed by atoms with Gasteiger partial charge in [-0.25, -0.2) is 0 Å². The normalized spacial score (nSPS) is 15.3. The third-order valence-corrected chi connectivity index (χ3v) is 2.95. The SMILES string of the molecule is Cn1nnc(CC(N)c2ccc3c(c2)OCCO3)n1. The minimum absolute atomic E-state index is 0.194. The fourth-order valence-electron chi connectivity index (χ4n) is 2.01. The van der Waals surface area contributed by atoms with Crippen molar-refractivity contribution in [3.8, 4) is 11.5 Å². The van der Waals surface area contributed by atoms with Gasteiger partial charge in [0.25, 0.3) is 0 Å². The van der Waals surface area contributed by atoms with Crippen molar-refractivity contribution in [2.24, 2.45) is 12.8 Å². The lowest BCUT2D eigenvalue weighted by molar-refractivity contribution is 0.171. The van der Waals surface area contributed by atoms with Gasteiger partial charge in [0, 0.05) is 12.5 Å². The van der Waals surface area contributed by atoms with E-state index in [1.807, 2.05) is 18.2 Å². The van der Waals surface area contributed by atoms with Crippen LogP contribution in [-0.2, 0) is 13.5 Å². The van der Waals surface area contributed by atoms with Gasteiger partial charge in [0.2, 0.25) is 0 Å². The molecule has 100 valence electrons. The Labute approximate surface area is 110 Å². The molecule has 7 nitrogen and oxygen atoms in total. The van der Waals surface area contributed by atoms with Crippen LogP contribution in [-0.4, -0.2) is 33.4 Å². The summed E-state index contributed by atoms with van der Waals surface area (Å²) in [4.78, 5) is 1.42. The maximum absolute atomic E-state index is 6.16. The third-order valence-electron chi connectivity index (χ3n) is 2.95. The smallest absolute Gasteiger partial charge is 0.176 e. The molecule has 0 saturated heterocycles. The quantitative estimate of drug-likeness (QED) is 0.850. The molecule has 1 aromatic carbocycles. The maximum atomic E-state index is 6.16. The molecule has 0 fully saturated rings. The van der Waals surface area contributed by atoms with Gasteiger partial charge in [-0.1, -0.05) is 6.07 Å². The average Bonchev–Trinajstić information content (AvgIpc) is 2.83. The second-order valence-corrected chi connectivity index (χ2v) is 4.41. The van der Waals surface area contributed by atoms with Crippen LogP contribution in [0.1, 0.15) is 17.4 Å². The molecule has 7 heteroatoms. The van der Waals surface area contributed by atoms with Gasteiger partial charge in [0.1, 0.15) is 13.2 Å². The molecule has 3 rings (SSSR count). The molecule has 0 aliphatic carbocycles. The molecule has 2 aromatic rings. The van der Waals surface area contributed by atoms with Crippen molar-refractivity contribution in [2.45, 2.75) is 12.5 Å². The predicted molar refractivity (Wildman–Crippen MR) is 66.9 cm³/mol. The van der Waals surface area contributed by atoms with Crippen LogP contribution in [0.5, 0.6) is 11.5 Å². The van der Waals surface area contributed by atoms with Gasteiger partial charge in [-0.2, -0.15) is 4.80 Å². The zero-order chi connectivity index (χ0) is 13.2. The molecular weight excluding hydrogens is 246 g/mol. The Hall–Kier alpha value is -2.15. The fourth-order valence-corrected chi connectivity index (χ4v) is 2.01. The molecular formula is C12H15N5O2. The number of ether oxygens (including phenoxy) is 2. The van der Waals surface area contributed by atoms with Crippen LogP contribution in [0.25, 0.3) is 0 Å². The molecule has 0 amide bonds. The van der Waals surface area contributed by atoms with Crippen LogP contribution < -0.4 is 15.2 Å². The first kappa shape index (κ1) is 11.9. The van der Waals surface area contributed by atoms with Gasteiger partial charge in [-0.3, -0.25) is 0 Å². The van der Waals surface area contributed by atoms with E-state index in [1.165, 1.54) is 4.80 Å². The number of aromatic nitrogens is 4. The number of hydrogen-bond donors (Lipinski definition) is 1. The zero-order valence-corrected chi connectivity index (χ0v) is 10.6. The van der Waals surface area contributed by atoms with E-state index in [0.29, 0.717) is 25.5 Å². The zero-order valence-electron chi connectivity index (χ0n) is 10.6. The van der Waals surface area contributed by atoms with E-state index >= 15 is 0 Å². The number of nitrogens with zero attached hydrogens (tertiary/aromatic N) is 4. The Morgan fingerprint density at radius 2 is 2.11 bits per heavy atom. The summed E-state index contributed by atoms with van der Waals surface area (Å²) >= 11 is 0. The highest BCUT2D eigenvalue weighted by molar-refractivity contribution is 5.44. The van der Waals surface area contributed by atoms with Crippen LogP contribution in [0.2, 0.25) is 0 Å². The van der Waals surface area contributed by atoms with Gasteiger partial charge in [0.05, 0.1) is 7.05 Å². The number of fused-ring (bicyclic) bond motifs is 1. The summed E-state index contributed by atoms with van der Waals surface area (Å²) in [5, 5.41) is 11.8.